The fraction of sp³-hybridized carbons (Fsp3) is 0.519. The van der Waals surface area contributed by atoms with Crippen molar-refractivity contribution in [3.63, 3.8) is 0 Å². The molecular formula is C27H30N4O5. The second-order valence-corrected chi connectivity index (χ2v) is 10.4. The van der Waals surface area contributed by atoms with Gasteiger partial charge in [0.25, 0.3) is 0 Å². The minimum atomic E-state index is -0.529. The summed E-state index contributed by atoms with van der Waals surface area (Å²) < 4.78 is 26.2. The van der Waals surface area contributed by atoms with Crippen molar-refractivity contribution < 1.29 is 23.7 Å². The van der Waals surface area contributed by atoms with Crippen LogP contribution in [0.2, 0.25) is 0 Å². The molecule has 188 valence electrons. The summed E-state index contributed by atoms with van der Waals surface area (Å²) in [5.41, 5.74) is 4.43. The molecule has 0 radical (unpaired) electrons. The monoisotopic (exact) mass is 490 g/mol. The fourth-order valence-electron chi connectivity index (χ4n) is 5.54. The van der Waals surface area contributed by atoms with Crippen molar-refractivity contribution in [1.29, 1.82) is 0 Å². The average molecular weight is 491 g/mol. The Bertz CT molecular complexity index is 1340. The van der Waals surface area contributed by atoms with Gasteiger partial charge in [-0.1, -0.05) is 0 Å². The molecule has 4 aliphatic rings. The fourth-order valence-corrected chi connectivity index (χ4v) is 5.54. The van der Waals surface area contributed by atoms with Crippen molar-refractivity contribution in [2.75, 3.05) is 45.0 Å². The maximum absolute atomic E-state index is 11.7. The molecule has 1 amide bonds. The molecular weight excluding hydrogens is 460 g/mol. The molecule has 1 spiro atoms. The van der Waals surface area contributed by atoms with Crippen molar-refractivity contribution in [2.45, 2.75) is 44.2 Å². The lowest BCUT2D eigenvalue weighted by Gasteiger charge is -2.35. The Hall–Kier alpha value is -3.01. The number of aromatic nitrogens is 3. The maximum atomic E-state index is 11.7. The summed E-state index contributed by atoms with van der Waals surface area (Å²) in [7, 11) is 0. The second kappa shape index (κ2) is 8.54. The number of carbonyl (C=O) groups is 1. The molecule has 36 heavy (non-hydrogen) atoms. The van der Waals surface area contributed by atoms with Crippen molar-refractivity contribution in [1.82, 2.24) is 14.5 Å². The van der Waals surface area contributed by atoms with Gasteiger partial charge < -0.3 is 28.8 Å². The number of pyridine rings is 2. The lowest BCUT2D eigenvalue weighted by molar-refractivity contribution is -0.114. The Balaban J connectivity index is 1.39. The number of carbonyl (C=O) groups excluding carboxylic acids is 1. The van der Waals surface area contributed by atoms with E-state index in [4.69, 9.17) is 23.9 Å². The molecule has 3 fully saturated rings. The molecule has 1 saturated carbocycles. The molecule has 7 rings (SSSR count). The lowest BCUT2D eigenvalue weighted by Crippen LogP contribution is -2.38. The zero-order chi connectivity index (χ0) is 24.3. The Kier molecular flexibility index (Phi) is 5.27. The zero-order valence-corrected chi connectivity index (χ0v) is 20.4. The molecule has 9 heteroatoms. The Morgan fingerprint density at radius 3 is 2.86 bits per heavy atom. The zero-order valence-electron chi connectivity index (χ0n) is 20.4. The normalized spacial score (nSPS) is 23.6. The molecule has 0 aromatic carbocycles. The number of amides is 1. The standard InChI is InChI=1S/C27H30N4O5/c1-16(32)29-25-8-20-21(11-31(18-2-3-18)23(20)10-28-25)22-9-24(35-14-17-12-34-13-17)19-4-6-36-27(26(19)30-22)5-7-33-15-27/h8-11,17-18H,2-7,12-15H2,1H3,(H,28,29,32). The van der Waals surface area contributed by atoms with Crippen LogP contribution in [0.25, 0.3) is 22.2 Å². The van der Waals surface area contributed by atoms with Gasteiger partial charge in [-0.3, -0.25) is 4.79 Å². The topological polar surface area (TPSA) is 96.7 Å². The number of ether oxygens (including phenoxy) is 4. The van der Waals surface area contributed by atoms with Crippen LogP contribution in [0.1, 0.15) is 43.5 Å². The van der Waals surface area contributed by atoms with E-state index in [9.17, 15) is 4.79 Å². The minimum Gasteiger partial charge on any atom is -0.493 e. The maximum Gasteiger partial charge on any atom is 0.222 e. The number of hydrogen-bond donors (Lipinski definition) is 1. The van der Waals surface area contributed by atoms with Gasteiger partial charge in [-0.15, -0.1) is 0 Å². The minimum absolute atomic E-state index is 0.145. The van der Waals surface area contributed by atoms with E-state index in [1.165, 1.54) is 6.92 Å². The third-order valence-electron chi connectivity index (χ3n) is 7.65. The highest BCUT2D eigenvalue weighted by Gasteiger charge is 2.44. The molecule has 1 N–H and O–H groups in total. The number of hydrogen-bond acceptors (Lipinski definition) is 7. The SMILES string of the molecule is CC(=O)Nc1cc2c(-c3cc(OCC4COC4)c4c(n3)C3(CCOC3)OCC4)cn(C3CC3)c2cn1. The van der Waals surface area contributed by atoms with Gasteiger partial charge in [-0.25, -0.2) is 9.97 Å². The first-order valence-corrected chi connectivity index (χ1v) is 12.8. The van der Waals surface area contributed by atoms with Gasteiger partial charge >= 0.3 is 0 Å². The van der Waals surface area contributed by atoms with Gasteiger partial charge in [0, 0.05) is 67.1 Å². The van der Waals surface area contributed by atoms with Crippen molar-refractivity contribution in [3.8, 4) is 17.0 Å². The van der Waals surface area contributed by atoms with Crippen molar-refractivity contribution >= 4 is 22.6 Å². The Morgan fingerprint density at radius 1 is 1.25 bits per heavy atom. The lowest BCUT2D eigenvalue weighted by atomic mass is 9.89. The number of rotatable bonds is 6. The molecule has 6 heterocycles. The van der Waals surface area contributed by atoms with Crippen LogP contribution in [0, 0.1) is 5.92 Å². The molecule has 3 aromatic rings. The van der Waals surface area contributed by atoms with Crippen LogP contribution in [0.3, 0.4) is 0 Å². The first-order valence-electron chi connectivity index (χ1n) is 12.8. The number of nitrogens with zero attached hydrogens (tertiary/aromatic N) is 3. The molecule has 3 aromatic heterocycles. The van der Waals surface area contributed by atoms with Crippen molar-refractivity contribution in [3.05, 3.63) is 35.8 Å². The summed E-state index contributed by atoms with van der Waals surface area (Å²) >= 11 is 0. The number of fused-ring (bicyclic) bond motifs is 3. The summed E-state index contributed by atoms with van der Waals surface area (Å²) in [6, 6.07) is 4.50. The van der Waals surface area contributed by atoms with Crippen LogP contribution in [-0.4, -0.2) is 60.1 Å². The second-order valence-electron chi connectivity index (χ2n) is 10.4. The summed E-state index contributed by atoms with van der Waals surface area (Å²) in [6.45, 7) is 5.41. The van der Waals surface area contributed by atoms with Gasteiger partial charge in [0.15, 0.2) is 0 Å². The molecule has 1 aliphatic carbocycles. The quantitative estimate of drug-likeness (QED) is 0.564. The first-order chi connectivity index (χ1) is 17.6. The summed E-state index contributed by atoms with van der Waals surface area (Å²) in [6.07, 6.45) is 7.89. The van der Waals surface area contributed by atoms with Crippen LogP contribution in [0.4, 0.5) is 5.82 Å². The van der Waals surface area contributed by atoms with E-state index < -0.39 is 5.60 Å². The highest BCUT2D eigenvalue weighted by atomic mass is 16.6. The molecule has 1 atom stereocenters. The van der Waals surface area contributed by atoms with Gasteiger partial charge in [0.1, 0.15) is 17.2 Å². The average Bonchev–Trinajstić information content (AvgIpc) is 3.46. The van der Waals surface area contributed by atoms with Crippen molar-refractivity contribution in [2.24, 2.45) is 5.92 Å². The van der Waals surface area contributed by atoms with Gasteiger partial charge in [-0.05, 0) is 18.9 Å². The first kappa shape index (κ1) is 22.2. The van der Waals surface area contributed by atoms with E-state index in [0.29, 0.717) is 44.2 Å². The van der Waals surface area contributed by atoms with Crippen LogP contribution in [0.5, 0.6) is 5.75 Å². The largest absolute Gasteiger partial charge is 0.493 e. The molecule has 0 bridgehead atoms. The third kappa shape index (κ3) is 3.77. The summed E-state index contributed by atoms with van der Waals surface area (Å²) in [5, 5.41) is 3.84. The molecule has 2 saturated heterocycles. The van der Waals surface area contributed by atoms with E-state index in [2.05, 4.69) is 27.1 Å². The van der Waals surface area contributed by atoms with E-state index in [1.807, 2.05) is 12.3 Å². The Labute approximate surface area is 209 Å². The van der Waals surface area contributed by atoms with Gasteiger partial charge in [-0.2, -0.15) is 0 Å². The van der Waals surface area contributed by atoms with Crippen LogP contribution in [0.15, 0.2) is 24.5 Å². The molecule has 1 unspecified atom stereocenters. The predicted molar refractivity (Wildman–Crippen MR) is 132 cm³/mol. The third-order valence-corrected chi connectivity index (χ3v) is 7.65. The Morgan fingerprint density at radius 2 is 2.14 bits per heavy atom. The highest BCUT2D eigenvalue weighted by molar-refractivity contribution is 5.98. The highest BCUT2D eigenvalue weighted by Crippen LogP contribution is 2.46. The van der Waals surface area contributed by atoms with Crippen LogP contribution < -0.4 is 10.1 Å². The van der Waals surface area contributed by atoms with Crippen LogP contribution in [-0.2, 0) is 31.0 Å². The molecule has 3 aliphatic heterocycles. The van der Waals surface area contributed by atoms with E-state index >= 15 is 0 Å². The smallest absolute Gasteiger partial charge is 0.222 e. The summed E-state index contributed by atoms with van der Waals surface area (Å²) in [5.74, 6) is 1.69. The predicted octanol–water partition coefficient (Wildman–Crippen LogP) is 3.61. The number of anilines is 1. The summed E-state index contributed by atoms with van der Waals surface area (Å²) in [4.78, 5) is 21.4. The van der Waals surface area contributed by atoms with Crippen LogP contribution >= 0.6 is 0 Å². The van der Waals surface area contributed by atoms with Gasteiger partial charge in [0.2, 0.25) is 5.91 Å². The van der Waals surface area contributed by atoms with E-state index in [1.54, 1.807) is 0 Å². The number of nitrogens with one attached hydrogen (secondary N) is 1. The van der Waals surface area contributed by atoms with Gasteiger partial charge in [0.05, 0.1) is 56.1 Å². The van der Waals surface area contributed by atoms with E-state index in [0.717, 1.165) is 78.1 Å². The van der Waals surface area contributed by atoms with E-state index in [-0.39, 0.29) is 5.91 Å². The molecule has 9 nitrogen and oxygen atoms in total.